The van der Waals surface area contributed by atoms with E-state index < -0.39 is 38.9 Å². The molecule has 8 nitrogen and oxygen atoms in total. The lowest BCUT2D eigenvalue weighted by Gasteiger charge is -2.17. The molecule has 2 N–H and O–H groups in total. The largest absolute Gasteiger partial charge is 0.476 e. The first-order valence-corrected chi connectivity index (χ1v) is 11.2. The standard InChI is InChI=1S/C20H24F2N4O4S/c1-26(2)9-10-30-18-6-5-16(12-23-18)24-19(27)20(7-8-20)25-31(28,29)13-14-3-4-15(21)11-17(14)22/h3-6,11-12,25H,7-10,13H2,1-2H3,(H,24,27). The number of nitrogens with one attached hydrogen (secondary N) is 2. The summed E-state index contributed by atoms with van der Waals surface area (Å²) in [6.45, 7) is 1.19. The van der Waals surface area contributed by atoms with Gasteiger partial charge in [-0.2, -0.15) is 4.72 Å². The fraction of sp³-hybridized carbons (Fsp3) is 0.400. The number of hydrogen-bond donors (Lipinski definition) is 2. The van der Waals surface area contributed by atoms with Crippen LogP contribution in [0.25, 0.3) is 0 Å². The molecular formula is C20H24F2N4O4S. The molecule has 1 saturated carbocycles. The fourth-order valence-electron chi connectivity index (χ4n) is 2.80. The Morgan fingerprint density at radius 1 is 1.23 bits per heavy atom. The van der Waals surface area contributed by atoms with Gasteiger partial charge in [-0.15, -0.1) is 0 Å². The number of carbonyl (C=O) groups is 1. The number of likely N-dealkylation sites (N-methyl/N-ethyl adjacent to an activating group) is 1. The van der Waals surface area contributed by atoms with Gasteiger partial charge >= 0.3 is 0 Å². The van der Waals surface area contributed by atoms with E-state index in [1.807, 2.05) is 19.0 Å². The second-order valence-corrected chi connectivity index (χ2v) is 9.39. The van der Waals surface area contributed by atoms with Crippen LogP contribution in [0.2, 0.25) is 0 Å². The smallest absolute Gasteiger partial charge is 0.245 e. The van der Waals surface area contributed by atoms with E-state index in [1.54, 1.807) is 12.1 Å². The van der Waals surface area contributed by atoms with Crippen LogP contribution in [-0.4, -0.2) is 57.0 Å². The number of aromatic nitrogens is 1. The Hall–Kier alpha value is -2.63. The van der Waals surface area contributed by atoms with Gasteiger partial charge in [-0.25, -0.2) is 22.2 Å². The zero-order valence-electron chi connectivity index (χ0n) is 17.2. The minimum Gasteiger partial charge on any atom is -0.476 e. The minimum atomic E-state index is -4.04. The van der Waals surface area contributed by atoms with E-state index in [-0.39, 0.29) is 5.56 Å². The number of amides is 1. The summed E-state index contributed by atoms with van der Waals surface area (Å²) in [5.41, 5.74) is -1.09. The first-order chi connectivity index (χ1) is 14.6. The van der Waals surface area contributed by atoms with Crippen molar-refractivity contribution in [2.45, 2.75) is 24.1 Å². The van der Waals surface area contributed by atoms with Crippen LogP contribution in [-0.2, 0) is 20.6 Å². The Morgan fingerprint density at radius 2 is 1.97 bits per heavy atom. The molecule has 31 heavy (non-hydrogen) atoms. The van der Waals surface area contributed by atoms with E-state index in [0.29, 0.717) is 37.1 Å². The Morgan fingerprint density at radius 3 is 2.55 bits per heavy atom. The van der Waals surface area contributed by atoms with E-state index in [0.717, 1.165) is 18.7 Å². The van der Waals surface area contributed by atoms with Crippen molar-refractivity contribution < 1.29 is 26.7 Å². The van der Waals surface area contributed by atoms with Crippen molar-refractivity contribution >= 4 is 21.6 Å². The molecule has 1 aromatic carbocycles. The SMILES string of the molecule is CN(C)CCOc1ccc(NC(=O)C2(NS(=O)(=O)Cc3ccc(F)cc3F)CC2)cn1. The van der Waals surface area contributed by atoms with Crippen LogP contribution in [0.5, 0.6) is 5.88 Å². The van der Waals surface area contributed by atoms with Crippen LogP contribution in [0.15, 0.2) is 36.5 Å². The maximum absolute atomic E-state index is 13.8. The first kappa shape index (κ1) is 23.0. The van der Waals surface area contributed by atoms with Gasteiger partial charge < -0.3 is 15.0 Å². The fourth-order valence-corrected chi connectivity index (χ4v) is 4.41. The molecule has 168 valence electrons. The maximum atomic E-state index is 13.8. The van der Waals surface area contributed by atoms with Gasteiger partial charge in [-0.3, -0.25) is 4.79 Å². The highest BCUT2D eigenvalue weighted by Crippen LogP contribution is 2.37. The van der Waals surface area contributed by atoms with E-state index in [9.17, 15) is 22.0 Å². The lowest BCUT2D eigenvalue weighted by molar-refractivity contribution is -0.118. The topological polar surface area (TPSA) is 101 Å². The summed E-state index contributed by atoms with van der Waals surface area (Å²) in [7, 11) is -0.191. The molecule has 1 aliphatic rings. The molecule has 0 spiro atoms. The average Bonchev–Trinajstić information content (AvgIpc) is 3.45. The zero-order valence-corrected chi connectivity index (χ0v) is 18.0. The second kappa shape index (κ2) is 9.25. The van der Waals surface area contributed by atoms with Gasteiger partial charge in [0.15, 0.2) is 0 Å². The Balaban J connectivity index is 1.58. The summed E-state index contributed by atoms with van der Waals surface area (Å²) in [6, 6.07) is 5.87. The summed E-state index contributed by atoms with van der Waals surface area (Å²) < 4.78 is 59.6. The van der Waals surface area contributed by atoms with E-state index in [2.05, 4.69) is 15.0 Å². The van der Waals surface area contributed by atoms with Crippen molar-refractivity contribution in [2.75, 3.05) is 32.6 Å². The van der Waals surface area contributed by atoms with Crippen LogP contribution in [0.4, 0.5) is 14.5 Å². The summed E-state index contributed by atoms with van der Waals surface area (Å²) >= 11 is 0. The van der Waals surface area contributed by atoms with E-state index in [4.69, 9.17) is 4.74 Å². The number of hydrogen-bond acceptors (Lipinski definition) is 6. The zero-order chi connectivity index (χ0) is 22.6. The lowest BCUT2D eigenvalue weighted by Crippen LogP contribution is -2.46. The monoisotopic (exact) mass is 454 g/mol. The van der Waals surface area contributed by atoms with Crippen molar-refractivity contribution in [3.8, 4) is 5.88 Å². The number of ether oxygens (including phenoxy) is 1. The molecule has 1 heterocycles. The predicted molar refractivity (Wildman–Crippen MR) is 111 cm³/mol. The van der Waals surface area contributed by atoms with Gasteiger partial charge in [0.25, 0.3) is 0 Å². The highest BCUT2D eigenvalue weighted by atomic mass is 32.2. The molecule has 0 saturated heterocycles. The number of nitrogens with zero attached hydrogens (tertiary/aromatic N) is 2. The van der Waals surface area contributed by atoms with Crippen molar-refractivity contribution in [2.24, 2.45) is 0 Å². The number of sulfonamides is 1. The number of benzene rings is 1. The number of rotatable bonds is 10. The summed E-state index contributed by atoms with van der Waals surface area (Å²) in [5.74, 6) is -2.58. The molecule has 0 bridgehead atoms. The van der Waals surface area contributed by atoms with Crippen LogP contribution < -0.4 is 14.8 Å². The minimum absolute atomic E-state index is 0.181. The number of pyridine rings is 1. The van der Waals surface area contributed by atoms with Crippen molar-refractivity contribution in [1.82, 2.24) is 14.6 Å². The quantitative estimate of drug-likeness (QED) is 0.569. The number of halogens is 2. The molecule has 2 aromatic rings. The van der Waals surface area contributed by atoms with Gasteiger partial charge in [-0.05, 0) is 39.1 Å². The maximum Gasteiger partial charge on any atom is 0.245 e. The van der Waals surface area contributed by atoms with E-state index >= 15 is 0 Å². The second-order valence-electron chi connectivity index (χ2n) is 7.67. The first-order valence-electron chi connectivity index (χ1n) is 9.59. The number of carbonyl (C=O) groups excluding carboxylic acids is 1. The molecule has 0 aliphatic heterocycles. The Kier molecular flexibility index (Phi) is 6.87. The van der Waals surface area contributed by atoms with Gasteiger partial charge in [0.05, 0.1) is 17.6 Å². The average molecular weight is 454 g/mol. The molecule has 1 fully saturated rings. The third-order valence-corrected chi connectivity index (χ3v) is 6.07. The van der Waals surface area contributed by atoms with Crippen molar-refractivity contribution in [3.63, 3.8) is 0 Å². The molecule has 1 amide bonds. The molecule has 0 radical (unpaired) electrons. The Bertz CT molecular complexity index is 1040. The van der Waals surface area contributed by atoms with Crippen LogP contribution in [0.3, 0.4) is 0 Å². The highest BCUT2D eigenvalue weighted by Gasteiger charge is 2.52. The molecule has 0 unspecified atom stereocenters. The predicted octanol–water partition coefficient (Wildman–Crippen LogP) is 1.89. The lowest BCUT2D eigenvalue weighted by atomic mass is 10.2. The van der Waals surface area contributed by atoms with E-state index in [1.165, 1.54) is 6.20 Å². The Labute approximate surface area is 179 Å². The third kappa shape index (κ3) is 6.42. The molecule has 1 aromatic heterocycles. The van der Waals surface area contributed by atoms with Gasteiger partial charge in [-0.1, -0.05) is 6.07 Å². The normalized spacial score (nSPS) is 15.0. The van der Waals surface area contributed by atoms with Gasteiger partial charge in [0.2, 0.25) is 21.8 Å². The van der Waals surface area contributed by atoms with Crippen molar-refractivity contribution in [3.05, 3.63) is 53.7 Å². The van der Waals surface area contributed by atoms with Gasteiger partial charge in [0, 0.05) is 24.2 Å². The molecule has 11 heteroatoms. The summed E-state index contributed by atoms with van der Waals surface area (Å²) in [4.78, 5) is 18.7. The molecular weight excluding hydrogens is 430 g/mol. The molecule has 0 atom stereocenters. The molecule has 3 rings (SSSR count). The van der Waals surface area contributed by atoms with Crippen molar-refractivity contribution in [1.29, 1.82) is 0 Å². The van der Waals surface area contributed by atoms with Crippen LogP contribution in [0, 0.1) is 11.6 Å². The summed E-state index contributed by atoms with van der Waals surface area (Å²) in [5, 5.41) is 2.64. The summed E-state index contributed by atoms with van der Waals surface area (Å²) in [6.07, 6.45) is 2.04. The third-order valence-electron chi connectivity index (χ3n) is 4.68. The molecule has 1 aliphatic carbocycles. The van der Waals surface area contributed by atoms with Gasteiger partial charge in [0.1, 0.15) is 23.8 Å². The number of anilines is 1. The highest BCUT2D eigenvalue weighted by molar-refractivity contribution is 7.88. The van der Waals surface area contributed by atoms with Crippen LogP contribution >= 0.6 is 0 Å². The van der Waals surface area contributed by atoms with Crippen LogP contribution in [0.1, 0.15) is 18.4 Å².